The second-order valence-electron chi connectivity index (χ2n) is 4.06. The number of allylic oxidation sites excluding steroid dienone is 1. The molecule has 0 atom stereocenters. The Morgan fingerprint density at radius 1 is 1.00 bits per heavy atom. The molecule has 0 bridgehead atoms. The molecular formula is C16H10ClFO2. The van der Waals surface area contributed by atoms with Gasteiger partial charge in [0.25, 0.3) is 0 Å². The molecule has 0 aromatic heterocycles. The Hall–Kier alpha value is -2.26. The smallest absolute Gasteiger partial charge is 0.245 e. The zero-order valence-electron chi connectivity index (χ0n) is 10.3. The number of carbonyl (C=O) groups excluding carboxylic acids is 2. The fourth-order valence-corrected chi connectivity index (χ4v) is 1.82. The lowest BCUT2D eigenvalue weighted by Crippen LogP contribution is -2.03. The molecule has 0 saturated carbocycles. The van der Waals surface area contributed by atoms with Gasteiger partial charge in [-0.05, 0) is 53.6 Å². The molecule has 100 valence electrons. The monoisotopic (exact) mass is 288 g/mol. The topological polar surface area (TPSA) is 34.1 Å². The van der Waals surface area contributed by atoms with E-state index in [9.17, 15) is 14.0 Å². The van der Waals surface area contributed by atoms with Crippen molar-refractivity contribution in [2.45, 2.75) is 0 Å². The highest BCUT2D eigenvalue weighted by Gasteiger charge is 2.12. The Morgan fingerprint density at radius 3 is 2.30 bits per heavy atom. The summed E-state index contributed by atoms with van der Waals surface area (Å²) in [6, 6.07) is 12.1. The first-order chi connectivity index (χ1) is 9.58. The normalized spacial score (nSPS) is 10.7. The lowest BCUT2D eigenvalue weighted by molar-refractivity contribution is -0.107. The number of ketones is 1. The fraction of sp³-hybridized carbons (Fsp3) is 0. The van der Waals surface area contributed by atoms with Gasteiger partial charge in [0.2, 0.25) is 5.24 Å². The standard InChI is InChI=1S/C16H10ClFO2/c17-15(19)10-7-11-3-1-2-4-14(11)16(20)12-5-8-13(18)9-6-12/h1-10H/b10-7+. The van der Waals surface area contributed by atoms with Gasteiger partial charge >= 0.3 is 0 Å². The van der Waals surface area contributed by atoms with Crippen molar-refractivity contribution in [1.82, 2.24) is 0 Å². The number of benzene rings is 2. The maximum absolute atomic E-state index is 12.9. The van der Waals surface area contributed by atoms with Crippen LogP contribution in [0.25, 0.3) is 6.08 Å². The second-order valence-corrected chi connectivity index (χ2v) is 4.43. The molecule has 0 heterocycles. The third-order valence-corrected chi connectivity index (χ3v) is 2.83. The van der Waals surface area contributed by atoms with Gasteiger partial charge in [-0.25, -0.2) is 4.39 Å². The molecule has 4 heteroatoms. The molecule has 0 amide bonds. The summed E-state index contributed by atoms with van der Waals surface area (Å²) >= 11 is 5.24. The first-order valence-electron chi connectivity index (χ1n) is 5.85. The molecule has 0 fully saturated rings. The molecule has 2 aromatic rings. The van der Waals surface area contributed by atoms with E-state index >= 15 is 0 Å². The van der Waals surface area contributed by atoms with Crippen molar-refractivity contribution >= 4 is 28.7 Å². The minimum Gasteiger partial charge on any atom is -0.289 e. The minimum atomic E-state index is -0.617. The van der Waals surface area contributed by atoms with Crippen molar-refractivity contribution in [3.05, 3.63) is 77.1 Å². The van der Waals surface area contributed by atoms with Gasteiger partial charge in [0.05, 0.1) is 0 Å². The number of hydrogen-bond donors (Lipinski definition) is 0. The Labute approximate surface area is 120 Å². The molecule has 0 aliphatic rings. The molecule has 0 unspecified atom stereocenters. The lowest BCUT2D eigenvalue weighted by atomic mass is 9.98. The van der Waals surface area contributed by atoms with Crippen molar-refractivity contribution in [2.24, 2.45) is 0 Å². The summed E-state index contributed by atoms with van der Waals surface area (Å²) in [5, 5.41) is -0.617. The van der Waals surface area contributed by atoms with E-state index < -0.39 is 11.1 Å². The highest BCUT2D eigenvalue weighted by Crippen LogP contribution is 2.16. The second kappa shape index (κ2) is 6.26. The van der Waals surface area contributed by atoms with Crippen molar-refractivity contribution in [1.29, 1.82) is 0 Å². The van der Waals surface area contributed by atoms with E-state index in [1.165, 1.54) is 36.4 Å². The van der Waals surface area contributed by atoms with Crippen LogP contribution in [0.2, 0.25) is 0 Å². The van der Waals surface area contributed by atoms with Crippen LogP contribution in [0.15, 0.2) is 54.6 Å². The van der Waals surface area contributed by atoms with Crippen molar-refractivity contribution in [2.75, 3.05) is 0 Å². The highest BCUT2D eigenvalue weighted by molar-refractivity contribution is 6.66. The molecular weight excluding hydrogens is 279 g/mol. The molecule has 20 heavy (non-hydrogen) atoms. The summed E-state index contributed by atoms with van der Waals surface area (Å²) < 4.78 is 12.9. The fourth-order valence-electron chi connectivity index (χ4n) is 1.76. The predicted octanol–water partition coefficient (Wildman–Crippen LogP) is 3.84. The van der Waals surface area contributed by atoms with Crippen LogP contribution in [0.3, 0.4) is 0 Å². The highest BCUT2D eigenvalue weighted by atomic mass is 35.5. The largest absolute Gasteiger partial charge is 0.289 e. The molecule has 0 spiro atoms. The average Bonchev–Trinajstić information content (AvgIpc) is 2.45. The van der Waals surface area contributed by atoms with Gasteiger partial charge in [0, 0.05) is 11.1 Å². The van der Waals surface area contributed by atoms with Crippen LogP contribution in [-0.4, -0.2) is 11.0 Å². The quantitative estimate of drug-likeness (QED) is 0.487. The van der Waals surface area contributed by atoms with Crippen LogP contribution >= 0.6 is 11.6 Å². The van der Waals surface area contributed by atoms with E-state index in [2.05, 4.69) is 0 Å². The summed E-state index contributed by atoms with van der Waals surface area (Å²) in [6.07, 6.45) is 2.66. The van der Waals surface area contributed by atoms with E-state index in [-0.39, 0.29) is 5.78 Å². The van der Waals surface area contributed by atoms with Crippen molar-refractivity contribution < 1.29 is 14.0 Å². The van der Waals surface area contributed by atoms with Crippen molar-refractivity contribution in [3.63, 3.8) is 0 Å². The molecule has 2 aromatic carbocycles. The minimum absolute atomic E-state index is 0.243. The van der Waals surface area contributed by atoms with E-state index in [1.807, 2.05) is 0 Å². The Morgan fingerprint density at radius 2 is 1.65 bits per heavy atom. The first kappa shape index (κ1) is 14.2. The maximum Gasteiger partial charge on any atom is 0.245 e. The first-order valence-corrected chi connectivity index (χ1v) is 6.22. The van der Waals surface area contributed by atoms with E-state index in [1.54, 1.807) is 24.3 Å². The number of rotatable bonds is 4. The van der Waals surface area contributed by atoms with Crippen LogP contribution < -0.4 is 0 Å². The maximum atomic E-state index is 12.9. The Kier molecular flexibility index (Phi) is 4.43. The van der Waals surface area contributed by atoms with Crippen LogP contribution in [0, 0.1) is 5.82 Å². The van der Waals surface area contributed by atoms with Gasteiger partial charge in [-0.2, -0.15) is 0 Å². The number of hydrogen-bond acceptors (Lipinski definition) is 2. The third-order valence-electron chi connectivity index (χ3n) is 2.71. The molecule has 2 rings (SSSR count). The summed E-state index contributed by atoms with van der Waals surface area (Å²) in [7, 11) is 0. The van der Waals surface area contributed by atoms with Crippen LogP contribution in [0.5, 0.6) is 0 Å². The predicted molar refractivity (Wildman–Crippen MR) is 76.2 cm³/mol. The summed E-state index contributed by atoms with van der Waals surface area (Å²) in [5.41, 5.74) is 1.38. The number of halogens is 2. The van der Waals surface area contributed by atoms with E-state index in [0.717, 1.165) is 0 Å². The van der Waals surface area contributed by atoms with Gasteiger partial charge in [0.1, 0.15) is 5.82 Å². The molecule has 0 aliphatic heterocycles. The van der Waals surface area contributed by atoms with Gasteiger partial charge in [-0.1, -0.05) is 24.3 Å². The van der Waals surface area contributed by atoms with E-state index in [0.29, 0.717) is 16.7 Å². The molecule has 0 saturated heterocycles. The SMILES string of the molecule is O=C(Cl)/C=C/c1ccccc1C(=O)c1ccc(F)cc1. The molecule has 0 aliphatic carbocycles. The summed E-state index contributed by atoms with van der Waals surface area (Å²) in [6.45, 7) is 0. The van der Waals surface area contributed by atoms with Crippen LogP contribution in [0.4, 0.5) is 4.39 Å². The van der Waals surface area contributed by atoms with Crippen molar-refractivity contribution in [3.8, 4) is 0 Å². The Balaban J connectivity index is 2.39. The third kappa shape index (κ3) is 3.39. The molecule has 0 radical (unpaired) electrons. The summed E-state index contributed by atoms with van der Waals surface area (Å²) in [4.78, 5) is 23.1. The molecule has 0 N–H and O–H groups in total. The van der Waals surface area contributed by atoms with E-state index in [4.69, 9.17) is 11.6 Å². The van der Waals surface area contributed by atoms with Crippen LogP contribution in [-0.2, 0) is 4.79 Å². The molecule has 2 nitrogen and oxygen atoms in total. The summed E-state index contributed by atoms with van der Waals surface area (Å²) in [5.74, 6) is -0.644. The number of carbonyl (C=O) groups is 2. The van der Waals surface area contributed by atoms with Crippen LogP contribution in [0.1, 0.15) is 21.5 Å². The van der Waals surface area contributed by atoms with Gasteiger partial charge in [-0.15, -0.1) is 0 Å². The zero-order valence-corrected chi connectivity index (χ0v) is 11.1. The Bertz CT molecular complexity index is 675. The van der Waals surface area contributed by atoms with Gasteiger partial charge < -0.3 is 0 Å². The zero-order chi connectivity index (χ0) is 14.5. The lowest BCUT2D eigenvalue weighted by Gasteiger charge is -2.05. The van der Waals surface area contributed by atoms with Gasteiger partial charge in [-0.3, -0.25) is 9.59 Å². The average molecular weight is 289 g/mol. The van der Waals surface area contributed by atoms with Gasteiger partial charge in [0.15, 0.2) is 5.78 Å².